The number of hydrogen-bond acceptors (Lipinski definition) is 7. The number of carbonyl (C=O) groups excluding carboxylic acids is 1. The maximum absolute atomic E-state index is 13.5. The molecule has 5 rings (SSSR count). The van der Waals surface area contributed by atoms with Gasteiger partial charge in [0.25, 0.3) is 0 Å². The van der Waals surface area contributed by atoms with Crippen molar-refractivity contribution in [2.24, 2.45) is 0 Å². The third kappa shape index (κ3) is 6.14. The molecule has 0 radical (unpaired) electrons. The van der Waals surface area contributed by atoms with Crippen LogP contribution in [0, 0.1) is 0 Å². The first kappa shape index (κ1) is 28.8. The Kier molecular flexibility index (Phi) is 8.71. The SMILES string of the molecule is COc1ccc(CC2c3cc(OC(C)C)c(OC)cc3CCN2CC(=O)NC2c3ccccc3CC2O)cc1OC. The molecule has 3 aromatic carbocycles. The maximum atomic E-state index is 13.5. The molecular weight excluding hydrogens is 520 g/mol. The minimum absolute atomic E-state index is 0.0163. The summed E-state index contributed by atoms with van der Waals surface area (Å²) in [6.07, 6.45) is 1.32. The van der Waals surface area contributed by atoms with Gasteiger partial charge in [-0.25, -0.2) is 0 Å². The first-order chi connectivity index (χ1) is 19.8. The quantitative estimate of drug-likeness (QED) is 0.380. The van der Waals surface area contributed by atoms with Crippen LogP contribution < -0.4 is 24.3 Å². The van der Waals surface area contributed by atoms with Crippen molar-refractivity contribution in [2.75, 3.05) is 34.4 Å². The summed E-state index contributed by atoms with van der Waals surface area (Å²) in [4.78, 5) is 15.7. The number of fused-ring (bicyclic) bond motifs is 2. The number of aliphatic hydroxyl groups excluding tert-OH is 1. The van der Waals surface area contributed by atoms with Crippen molar-refractivity contribution in [1.82, 2.24) is 10.2 Å². The van der Waals surface area contributed by atoms with Crippen LogP contribution in [0.3, 0.4) is 0 Å². The lowest BCUT2D eigenvalue weighted by Gasteiger charge is -2.38. The molecule has 8 nitrogen and oxygen atoms in total. The molecule has 8 heteroatoms. The van der Waals surface area contributed by atoms with Gasteiger partial charge in [0.15, 0.2) is 23.0 Å². The molecule has 1 aliphatic heterocycles. The van der Waals surface area contributed by atoms with E-state index >= 15 is 0 Å². The third-order valence-corrected chi connectivity index (χ3v) is 8.00. The highest BCUT2D eigenvalue weighted by Crippen LogP contribution is 2.41. The molecule has 0 aromatic heterocycles. The first-order valence-corrected chi connectivity index (χ1v) is 14.2. The van der Waals surface area contributed by atoms with Gasteiger partial charge in [-0.1, -0.05) is 30.3 Å². The van der Waals surface area contributed by atoms with E-state index in [0.29, 0.717) is 42.4 Å². The number of hydrogen-bond donors (Lipinski definition) is 2. The minimum atomic E-state index is -0.635. The Morgan fingerprint density at radius 3 is 2.39 bits per heavy atom. The fourth-order valence-corrected chi connectivity index (χ4v) is 6.08. The Morgan fingerprint density at radius 2 is 1.66 bits per heavy atom. The lowest BCUT2D eigenvalue weighted by Crippen LogP contribution is -2.45. The van der Waals surface area contributed by atoms with Crippen molar-refractivity contribution in [3.8, 4) is 23.0 Å². The molecule has 0 fully saturated rings. The van der Waals surface area contributed by atoms with Crippen LogP contribution >= 0.6 is 0 Å². The molecule has 41 heavy (non-hydrogen) atoms. The summed E-state index contributed by atoms with van der Waals surface area (Å²) in [6.45, 7) is 4.89. The van der Waals surface area contributed by atoms with Crippen molar-refractivity contribution < 1.29 is 28.8 Å². The average molecular weight is 561 g/mol. The van der Waals surface area contributed by atoms with Crippen LogP contribution in [0.4, 0.5) is 0 Å². The van der Waals surface area contributed by atoms with Gasteiger partial charge in [0.1, 0.15) is 0 Å². The van der Waals surface area contributed by atoms with Gasteiger partial charge in [0.05, 0.1) is 46.1 Å². The fraction of sp³-hybridized carbons (Fsp3) is 0.424. The maximum Gasteiger partial charge on any atom is 0.234 e. The van der Waals surface area contributed by atoms with E-state index in [2.05, 4.69) is 22.3 Å². The number of nitrogens with zero attached hydrogens (tertiary/aromatic N) is 1. The highest BCUT2D eigenvalue weighted by atomic mass is 16.5. The number of ether oxygens (including phenoxy) is 4. The summed E-state index contributed by atoms with van der Waals surface area (Å²) in [7, 11) is 4.91. The van der Waals surface area contributed by atoms with E-state index in [1.807, 2.05) is 56.3 Å². The summed E-state index contributed by atoms with van der Waals surface area (Å²) in [6, 6.07) is 17.5. The molecule has 1 aliphatic carbocycles. The molecule has 218 valence electrons. The van der Waals surface area contributed by atoms with Crippen LogP contribution in [0.15, 0.2) is 54.6 Å². The molecular formula is C33H40N2O6. The zero-order valence-electron chi connectivity index (χ0n) is 24.5. The van der Waals surface area contributed by atoms with E-state index in [-0.39, 0.29) is 24.6 Å². The predicted octanol–water partition coefficient (Wildman–Crippen LogP) is 4.42. The van der Waals surface area contributed by atoms with Crippen molar-refractivity contribution in [1.29, 1.82) is 0 Å². The van der Waals surface area contributed by atoms with E-state index in [1.54, 1.807) is 21.3 Å². The Morgan fingerprint density at radius 1 is 0.927 bits per heavy atom. The second kappa shape index (κ2) is 12.4. The lowest BCUT2D eigenvalue weighted by molar-refractivity contribution is -0.124. The van der Waals surface area contributed by atoms with Crippen LogP contribution in [0.25, 0.3) is 0 Å². The summed E-state index contributed by atoms with van der Waals surface area (Å²) >= 11 is 0. The Bertz CT molecular complexity index is 1390. The number of aliphatic hydroxyl groups is 1. The topological polar surface area (TPSA) is 89.5 Å². The van der Waals surface area contributed by atoms with Crippen molar-refractivity contribution in [3.63, 3.8) is 0 Å². The number of methoxy groups -OCH3 is 3. The largest absolute Gasteiger partial charge is 0.493 e. The number of amides is 1. The molecule has 3 atom stereocenters. The predicted molar refractivity (Wildman–Crippen MR) is 157 cm³/mol. The van der Waals surface area contributed by atoms with Crippen LogP contribution in [-0.2, 0) is 24.1 Å². The fourth-order valence-electron chi connectivity index (χ4n) is 6.08. The van der Waals surface area contributed by atoms with E-state index in [9.17, 15) is 9.90 Å². The molecule has 1 heterocycles. The molecule has 2 aliphatic rings. The van der Waals surface area contributed by atoms with Crippen LogP contribution in [0.2, 0.25) is 0 Å². The van der Waals surface area contributed by atoms with Crippen molar-refractivity contribution in [2.45, 2.75) is 57.4 Å². The molecule has 0 spiro atoms. The van der Waals surface area contributed by atoms with Gasteiger partial charge in [-0.3, -0.25) is 9.69 Å². The second-order valence-electron chi connectivity index (χ2n) is 11.0. The standard InChI is InChI=1S/C33H40N2O6/c1-20(2)41-31-18-25-23(17-30(31)40-5)12-13-35(26(25)14-21-10-11-28(38-3)29(15-21)39-4)19-32(37)34-33-24-9-7-6-8-22(24)16-27(33)36/h6-11,15,17-18,20,26-27,33,36H,12-14,16,19H2,1-5H3,(H,34,37). The smallest absolute Gasteiger partial charge is 0.234 e. The Balaban J connectivity index is 1.45. The molecule has 2 N–H and O–H groups in total. The highest BCUT2D eigenvalue weighted by molar-refractivity contribution is 5.79. The highest BCUT2D eigenvalue weighted by Gasteiger charge is 2.34. The van der Waals surface area contributed by atoms with Gasteiger partial charge >= 0.3 is 0 Å². The second-order valence-corrected chi connectivity index (χ2v) is 11.0. The summed E-state index contributed by atoms with van der Waals surface area (Å²) in [5.41, 5.74) is 5.42. The number of benzene rings is 3. The number of nitrogens with one attached hydrogen (secondary N) is 1. The molecule has 0 bridgehead atoms. The summed E-state index contributed by atoms with van der Waals surface area (Å²) in [5.74, 6) is 2.62. The summed E-state index contributed by atoms with van der Waals surface area (Å²) < 4.78 is 22.8. The van der Waals surface area contributed by atoms with Gasteiger partial charge < -0.3 is 29.4 Å². The third-order valence-electron chi connectivity index (χ3n) is 8.00. The molecule has 1 amide bonds. The van der Waals surface area contributed by atoms with Gasteiger partial charge in [0, 0.05) is 19.0 Å². The van der Waals surface area contributed by atoms with E-state index < -0.39 is 12.1 Å². The van der Waals surface area contributed by atoms with E-state index in [0.717, 1.165) is 28.7 Å². The first-order valence-electron chi connectivity index (χ1n) is 14.2. The molecule has 0 saturated carbocycles. The zero-order chi connectivity index (χ0) is 29.1. The zero-order valence-corrected chi connectivity index (χ0v) is 24.5. The molecule has 0 saturated heterocycles. The average Bonchev–Trinajstić information content (AvgIpc) is 3.28. The van der Waals surface area contributed by atoms with Gasteiger partial charge in [-0.05, 0) is 78.8 Å². The van der Waals surface area contributed by atoms with Crippen LogP contribution in [0.1, 0.15) is 53.7 Å². The van der Waals surface area contributed by atoms with Crippen LogP contribution in [-0.4, -0.2) is 62.5 Å². The number of carbonyl (C=O) groups is 1. The van der Waals surface area contributed by atoms with Crippen molar-refractivity contribution >= 4 is 5.91 Å². The van der Waals surface area contributed by atoms with Gasteiger partial charge in [-0.15, -0.1) is 0 Å². The van der Waals surface area contributed by atoms with Gasteiger partial charge in [0.2, 0.25) is 5.91 Å². The van der Waals surface area contributed by atoms with Crippen molar-refractivity contribution in [3.05, 3.63) is 82.4 Å². The Labute approximate surface area is 242 Å². The molecule has 3 unspecified atom stereocenters. The minimum Gasteiger partial charge on any atom is -0.493 e. The normalized spacial score (nSPS) is 19.8. The molecule has 3 aromatic rings. The number of rotatable bonds is 10. The summed E-state index contributed by atoms with van der Waals surface area (Å²) in [5, 5.41) is 13.8. The monoisotopic (exact) mass is 560 g/mol. The van der Waals surface area contributed by atoms with E-state index in [4.69, 9.17) is 18.9 Å². The van der Waals surface area contributed by atoms with Gasteiger partial charge in [-0.2, -0.15) is 0 Å². The Hall–Kier alpha value is -3.75. The van der Waals surface area contributed by atoms with E-state index in [1.165, 1.54) is 5.56 Å². The lowest BCUT2D eigenvalue weighted by atomic mass is 9.88. The van der Waals surface area contributed by atoms with Crippen LogP contribution in [0.5, 0.6) is 23.0 Å².